The lowest BCUT2D eigenvalue weighted by Gasteiger charge is -2.31. The van der Waals surface area contributed by atoms with Gasteiger partial charge in [-0.2, -0.15) is 0 Å². The fourth-order valence-electron chi connectivity index (χ4n) is 4.66. The summed E-state index contributed by atoms with van der Waals surface area (Å²) >= 11 is 0. The van der Waals surface area contributed by atoms with E-state index in [9.17, 15) is 39.0 Å². The number of benzene rings is 1. The van der Waals surface area contributed by atoms with Crippen molar-refractivity contribution in [1.29, 1.82) is 0 Å². The molecule has 1 aliphatic heterocycles. The highest BCUT2D eigenvalue weighted by molar-refractivity contribution is 5.96. The van der Waals surface area contributed by atoms with Crippen LogP contribution in [0.1, 0.15) is 52.0 Å². The Morgan fingerprint density at radius 3 is 2.14 bits per heavy atom. The van der Waals surface area contributed by atoms with Crippen LogP contribution in [0.4, 0.5) is 0 Å². The van der Waals surface area contributed by atoms with Crippen molar-refractivity contribution in [1.82, 2.24) is 20.9 Å². The topological polar surface area (TPSA) is 228 Å². The SMILES string of the molecule is CC(C)[C@H](NC(=O)[C@@H]1CCCN1C(=O)[C@@H](NC(=O)[C@H](CCC(=O)O)NC(=O)[C@@H](N)Cc1ccccc1)[C@@H](C)O)C(=O)O. The normalized spacial score (nSPS) is 18.3. The Bertz CT molecular complexity index is 1130. The summed E-state index contributed by atoms with van der Waals surface area (Å²) in [5.41, 5.74) is 6.79. The van der Waals surface area contributed by atoms with Crippen molar-refractivity contribution < 1.29 is 44.1 Å². The van der Waals surface area contributed by atoms with Crippen molar-refractivity contribution >= 4 is 35.6 Å². The van der Waals surface area contributed by atoms with E-state index in [1.54, 1.807) is 44.2 Å². The average molecular weight is 592 g/mol. The number of carboxylic acid groups (broad SMARTS) is 2. The molecule has 232 valence electrons. The molecule has 2 rings (SSSR count). The largest absolute Gasteiger partial charge is 0.481 e. The van der Waals surface area contributed by atoms with Gasteiger partial charge in [-0.15, -0.1) is 0 Å². The number of aliphatic hydroxyl groups excluding tert-OH is 1. The number of nitrogens with two attached hydrogens (primary N) is 1. The zero-order valence-corrected chi connectivity index (χ0v) is 24.0. The number of aliphatic carboxylic acids is 2. The molecule has 0 aromatic heterocycles. The molecule has 42 heavy (non-hydrogen) atoms. The van der Waals surface area contributed by atoms with Crippen molar-refractivity contribution in [2.45, 2.75) is 89.2 Å². The number of nitrogens with zero attached hydrogens (tertiary/aromatic N) is 1. The quantitative estimate of drug-likeness (QED) is 0.131. The molecule has 1 aliphatic rings. The lowest BCUT2D eigenvalue weighted by atomic mass is 10.0. The van der Waals surface area contributed by atoms with Crippen LogP contribution in [-0.2, 0) is 35.2 Å². The molecule has 0 aliphatic carbocycles. The summed E-state index contributed by atoms with van der Waals surface area (Å²) < 4.78 is 0. The molecule has 1 aromatic rings. The van der Waals surface area contributed by atoms with Crippen molar-refractivity contribution in [3.05, 3.63) is 35.9 Å². The first-order chi connectivity index (χ1) is 19.7. The summed E-state index contributed by atoms with van der Waals surface area (Å²) in [5.74, 6) is -5.93. The molecule has 0 unspecified atom stereocenters. The summed E-state index contributed by atoms with van der Waals surface area (Å²) in [5, 5.41) is 36.3. The monoisotopic (exact) mass is 591 g/mol. The van der Waals surface area contributed by atoms with E-state index in [2.05, 4.69) is 16.0 Å². The van der Waals surface area contributed by atoms with Gasteiger partial charge in [0.25, 0.3) is 0 Å². The van der Waals surface area contributed by atoms with Crippen molar-refractivity contribution in [3.63, 3.8) is 0 Å². The van der Waals surface area contributed by atoms with Crippen LogP contribution in [0.15, 0.2) is 30.3 Å². The third-order valence-corrected chi connectivity index (χ3v) is 7.03. The van der Waals surface area contributed by atoms with Crippen LogP contribution in [0.25, 0.3) is 0 Å². The van der Waals surface area contributed by atoms with Crippen molar-refractivity contribution in [3.8, 4) is 0 Å². The van der Waals surface area contributed by atoms with Crippen LogP contribution >= 0.6 is 0 Å². The maximum atomic E-state index is 13.5. The second-order valence-corrected chi connectivity index (χ2v) is 10.8. The van der Waals surface area contributed by atoms with Crippen LogP contribution in [0.5, 0.6) is 0 Å². The zero-order chi connectivity index (χ0) is 31.6. The molecular weight excluding hydrogens is 550 g/mol. The minimum absolute atomic E-state index is 0.128. The third-order valence-electron chi connectivity index (χ3n) is 7.03. The van der Waals surface area contributed by atoms with E-state index in [1.807, 2.05) is 0 Å². The predicted octanol–water partition coefficient (Wildman–Crippen LogP) is -1.01. The molecule has 0 bridgehead atoms. The molecule has 4 amide bonds. The summed E-state index contributed by atoms with van der Waals surface area (Å²) in [6.07, 6.45) is -1.38. The second-order valence-electron chi connectivity index (χ2n) is 10.8. The van der Waals surface area contributed by atoms with Gasteiger partial charge in [-0.1, -0.05) is 44.2 Å². The molecule has 14 heteroatoms. The first-order valence-corrected chi connectivity index (χ1v) is 13.9. The number of nitrogens with one attached hydrogen (secondary N) is 3. The summed E-state index contributed by atoms with van der Waals surface area (Å²) in [6.45, 7) is 4.64. The maximum absolute atomic E-state index is 13.5. The number of hydrogen-bond acceptors (Lipinski definition) is 8. The molecule has 6 atom stereocenters. The van der Waals surface area contributed by atoms with Gasteiger partial charge in [-0.25, -0.2) is 4.79 Å². The van der Waals surface area contributed by atoms with Gasteiger partial charge >= 0.3 is 11.9 Å². The fourth-order valence-corrected chi connectivity index (χ4v) is 4.66. The number of carboxylic acids is 2. The minimum Gasteiger partial charge on any atom is -0.481 e. The Morgan fingerprint density at radius 1 is 0.952 bits per heavy atom. The van der Waals surface area contributed by atoms with Crippen LogP contribution in [-0.4, -0.2) is 98.6 Å². The van der Waals surface area contributed by atoms with E-state index in [4.69, 9.17) is 10.8 Å². The Morgan fingerprint density at radius 2 is 1.60 bits per heavy atom. The van der Waals surface area contributed by atoms with Crippen molar-refractivity contribution in [2.75, 3.05) is 6.54 Å². The number of aliphatic hydroxyl groups is 1. The minimum atomic E-state index is -1.53. The van der Waals surface area contributed by atoms with Crippen LogP contribution in [0.3, 0.4) is 0 Å². The molecule has 1 saturated heterocycles. The lowest BCUT2D eigenvalue weighted by molar-refractivity contribution is -0.147. The Labute approximate surface area is 244 Å². The predicted molar refractivity (Wildman–Crippen MR) is 150 cm³/mol. The summed E-state index contributed by atoms with van der Waals surface area (Å²) in [6, 6.07) is 2.75. The second kappa shape index (κ2) is 15.8. The molecule has 0 saturated carbocycles. The number of carbonyl (C=O) groups is 6. The molecule has 14 nitrogen and oxygen atoms in total. The molecule has 1 heterocycles. The Hall–Kier alpha value is -4.04. The van der Waals surface area contributed by atoms with Crippen LogP contribution in [0.2, 0.25) is 0 Å². The molecule has 0 radical (unpaired) electrons. The standard InChI is InChI=1S/C28H41N5O9/c1-15(2)22(28(41)42)31-26(39)20-10-7-13-33(20)27(40)23(16(3)34)32-25(38)19(11-12-21(35)36)30-24(37)18(29)14-17-8-5-4-6-9-17/h4-6,8-9,15-16,18-20,22-23,34H,7,10-14,29H2,1-3H3,(H,30,37)(H,31,39)(H,32,38)(H,35,36)(H,41,42)/t16-,18+,19+,20+,22+,23+/m1/s1. The summed E-state index contributed by atoms with van der Waals surface area (Å²) in [4.78, 5) is 76.4. The Balaban J connectivity index is 2.16. The number of carbonyl (C=O) groups excluding carboxylic acids is 4. The van der Waals surface area contributed by atoms with Crippen LogP contribution in [0, 0.1) is 5.92 Å². The highest BCUT2D eigenvalue weighted by atomic mass is 16.4. The van der Waals surface area contributed by atoms with E-state index in [-0.39, 0.29) is 25.8 Å². The maximum Gasteiger partial charge on any atom is 0.326 e. The zero-order valence-electron chi connectivity index (χ0n) is 24.0. The van der Waals surface area contributed by atoms with E-state index < -0.39 is 84.2 Å². The first-order valence-electron chi connectivity index (χ1n) is 13.9. The van der Waals surface area contributed by atoms with Gasteiger partial charge in [0.2, 0.25) is 23.6 Å². The van der Waals surface area contributed by atoms with Gasteiger partial charge in [-0.3, -0.25) is 24.0 Å². The van der Waals surface area contributed by atoms with E-state index in [0.717, 1.165) is 5.56 Å². The Kier molecular flexibility index (Phi) is 12.9. The van der Waals surface area contributed by atoms with Gasteiger partial charge in [-0.05, 0) is 44.1 Å². The van der Waals surface area contributed by atoms with Crippen molar-refractivity contribution in [2.24, 2.45) is 11.7 Å². The van der Waals surface area contributed by atoms with Gasteiger partial charge in [0, 0.05) is 13.0 Å². The van der Waals surface area contributed by atoms with E-state index in [0.29, 0.717) is 6.42 Å². The van der Waals surface area contributed by atoms with Gasteiger partial charge in [0.15, 0.2) is 0 Å². The van der Waals surface area contributed by atoms with Gasteiger partial charge < -0.3 is 41.9 Å². The molecule has 1 fully saturated rings. The number of rotatable bonds is 15. The molecule has 8 N–H and O–H groups in total. The highest BCUT2D eigenvalue weighted by Crippen LogP contribution is 2.20. The lowest BCUT2D eigenvalue weighted by Crippen LogP contribution is -2.61. The van der Waals surface area contributed by atoms with E-state index in [1.165, 1.54) is 11.8 Å². The van der Waals surface area contributed by atoms with Gasteiger partial charge in [0.1, 0.15) is 24.2 Å². The smallest absolute Gasteiger partial charge is 0.326 e. The molecular formula is C28H41N5O9. The number of amides is 4. The third kappa shape index (κ3) is 9.80. The average Bonchev–Trinajstić information content (AvgIpc) is 3.42. The number of likely N-dealkylation sites (tertiary alicyclic amines) is 1. The molecule has 0 spiro atoms. The van der Waals surface area contributed by atoms with E-state index >= 15 is 0 Å². The fraction of sp³-hybridized carbons (Fsp3) is 0.571. The molecule has 1 aromatic carbocycles. The first kappa shape index (κ1) is 34.2. The summed E-state index contributed by atoms with van der Waals surface area (Å²) in [7, 11) is 0. The van der Waals surface area contributed by atoms with Gasteiger partial charge in [0.05, 0.1) is 12.1 Å². The van der Waals surface area contributed by atoms with Crippen LogP contribution < -0.4 is 21.7 Å². The highest BCUT2D eigenvalue weighted by Gasteiger charge is 2.41. The number of hydrogen-bond donors (Lipinski definition) is 7.